The normalized spacial score (nSPS) is 11.7. The van der Waals surface area contributed by atoms with Crippen LogP contribution in [-0.4, -0.2) is 45.6 Å². The van der Waals surface area contributed by atoms with Crippen molar-refractivity contribution in [2.45, 2.75) is 37.5 Å². The third kappa shape index (κ3) is 6.66. The quantitative estimate of drug-likeness (QED) is 0.162. The molecule has 0 aliphatic heterocycles. The summed E-state index contributed by atoms with van der Waals surface area (Å²) in [5.41, 5.74) is 5.66. The molecule has 2 heterocycles. The van der Waals surface area contributed by atoms with Crippen LogP contribution in [0.1, 0.15) is 31.4 Å². The van der Waals surface area contributed by atoms with E-state index in [1.165, 1.54) is 0 Å². The first-order chi connectivity index (χ1) is 19.8. The van der Waals surface area contributed by atoms with E-state index in [4.69, 9.17) is 4.98 Å². The summed E-state index contributed by atoms with van der Waals surface area (Å²) in [5, 5.41) is 6.26. The molecule has 8 heteroatoms. The molecule has 41 heavy (non-hydrogen) atoms. The Labute approximate surface area is 242 Å². The molecule has 0 unspecified atom stereocenters. The van der Waals surface area contributed by atoms with Gasteiger partial charge in [0.25, 0.3) is 0 Å². The summed E-state index contributed by atoms with van der Waals surface area (Å²) in [6.45, 7) is 3.21. The minimum absolute atomic E-state index is 0.326. The second-order valence-corrected chi connectivity index (χ2v) is 12.2. The van der Waals surface area contributed by atoms with Crippen molar-refractivity contribution in [1.29, 1.82) is 0 Å². The molecule has 0 spiro atoms. The maximum absolute atomic E-state index is 13.1. The van der Waals surface area contributed by atoms with E-state index in [9.17, 15) is 8.42 Å². The highest BCUT2D eigenvalue weighted by atomic mass is 32.2. The van der Waals surface area contributed by atoms with E-state index in [-0.39, 0.29) is 0 Å². The molecule has 0 radical (unpaired) electrons. The predicted molar refractivity (Wildman–Crippen MR) is 170 cm³/mol. The van der Waals surface area contributed by atoms with Gasteiger partial charge in [0.2, 0.25) is 10.0 Å². The number of unbranched alkanes of at least 4 members (excludes halogenated alkanes) is 3. The predicted octanol–water partition coefficient (Wildman–Crippen LogP) is 6.78. The number of nitrogens with zero attached hydrogens (tertiary/aromatic N) is 3. The largest absolute Gasteiger partial charge is 0.384 e. The highest BCUT2D eigenvalue weighted by molar-refractivity contribution is 7.89. The van der Waals surface area contributed by atoms with Crippen molar-refractivity contribution in [1.82, 2.24) is 14.7 Å². The number of pyridine rings is 2. The Bertz CT molecular complexity index is 1750. The Morgan fingerprint density at radius 2 is 1.46 bits per heavy atom. The summed E-state index contributed by atoms with van der Waals surface area (Å²) in [7, 11) is 0.316. The first-order valence-corrected chi connectivity index (χ1v) is 15.6. The van der Waals surface area contributed by atoms with Crippen LogP contribution in [0.15, 0.2) is 89.8 Å². The number of benzene rings is 3. The van der Waals surface area contributed by atoms with Crippen LogP contribution >= 0.6 is 0 Å². The van der Waals surface area contributed by atoms with E-state index >= 15 is 0 Å². The third-order valence-electron chi connectivity index (χ3n) is 7.22. The molecule has 5 rings (SSSR count). The van der Waals surface area contributed by atoms with Crippen molar-refractivity contribution in [2.24, 2.45) is 0 Å². The molecule has 5 aromatic rings. The Balaban J connectivity index is 1.14. The molecule has 0 aliphatic carbocycles. The molecule has 2 N–H and O–H groups in total. The summed E-state index contributed by atoms with van der Waals surface area (Å²) in [4.78, 5) is 11.8. The van der Waals surface area contributed by atoms with Gasteiger partial charge in [-0.25, -0.2) is 23.1 Å². The first-order valence-electron chi connectivity index (χ1n) is 14.1. The highest BCUT2D eigenvalue weighted by Gasteiger charge is 2.18. The van der Waals surface area contributed by atoms with Crippen LogP contribution in [0, 0.1) is 6.92 Å². The standard InChI is InChI=1S/C33H37N5O2S/c1-24-19-20-28-30(23-29(37-33(28)36-24)25-13-7-6-8-14-25)34-21-9-4-5-10-22-35-41(39,40)32-18-12-15-26-27(32)16-11-17-31(26)38(2)3/h6-8,11-20,23,35H,4-5,9-10,21-22H2,1-3H3,(H,34,36,37). The van der Waals surface area contributed by atoms with E-state index in [0.717, 1.165) is 82.4 Å². The number of fused-ring (bicyclic) bond motifs is 2. The minimum Gasteiger partial charge on any atom is -0.384 e. The fourth-order valence-electron chi connectivity index (χ4n) is 5.10. The molecular formula is C33H37N5O2S. The van der Waals surface area contributed by atoms with Gasteiger partial charge in [-0.1, -0.05) is 67.4 Å². The van der Waals surface area contributed by atoms with Gasteiger partial charge in [0.05, 0.1) is 10.6 Å². The Morgan fingerprint density at radius 1 is 0.732 bits per heavy atom. The Morgan fingerprint density at radius 3 is 2.24 bits per heavy atom. The van der Waals surface area contributed by atoms with Crippen LogP contribution in [0.3, 0.4) is 0 Å². The summed E-state index contributed by atoms with van der Waals surface area (Å²) >= 11 is 0. The number of aromatic nitrogens is 2. The van der Waals surface area contributed by atoms with Crippen molar-refractivity contribution in [3.8, 4) is 11.3 Å². The SMILES string of the molecule is Cc1ccc2c(NCCCCCCNS(=O)(=O)c3cccc4c(N(C)C)cccc34)cc(-c3ccccc3)nc2n1. The molecule has 7 nitrogen and oxygen atoms in total. The van der Waals surface area contributed by atoms with Crippen molar-refractivity contribution in [3.05, 3.63) is 90.6 Å². The lowest BCUT2D eigenvalue weighted by Gasteiger charge is -2.17. The van der Waals surface area contributed by atoms with Crippen LogP contribution in [0.2, 0.25) is 0 Å². The van der Waals surface area contributed by atoms with Crippen molar-refractivity contribution < 1.29 is 8.42 Å². The lowest BCUT2D eigenvalue weighted by atomic mass is 10.1. The second-order valence-electron chi connectivity index (χ2n) is 10.5. The van der Waals surface area contributed by atoms with Crippen LogP contribution < -0.4 is 14.9 Å². The van der Waals surface area contributed by atoms with Crippen LogP contribution in [-0.2, 0) is 10.0 Å². The van der Waals surface area contributed by atoms with Crippen LogP contribution in [0.25, 0.3) is 33.1 Å². The summed E-state index contributed by atoms with van der Waals surface area (Å²) in [5.74, 6) is 0. The molecule has 0 saturated heterocycles. The zero-order valence-corrected chi connectivity index (χ0v) is 24.7. The molecule has 0 saturated carbocycles. The van der Waals surface area contributed by atoms with Gasteiger partial charge in [0.15, 0.2) is 5.65 Å². The van der Waals surface area contributed by atoms with E-state index < -0.39 is 10.0 Å². The Hall–Kier alpha value is -4.01. The van der Waals surface area contributed by atoms with E-state index in [1.54, 1.807) is 6.07 Å². The van der Waals surface area contributed by atoms with E-state index in [2.05, 4.69) is 39.3 Å². The molecule has 212 valence electrons. The van der Waals surface area contributed by atoms with Gasteiger partial charge in [0.1, 0.15) is 0 Å². The second kappa shape index (κ2) is 12.7. The number of aryl methyl sites for hydroxylation is 1. The molecule has 2 aromatic heterocycles. The zero-order valence-electron chi connectivity index (χ0n) is 23.9. The number of anilines is 2. The van der Waals surface area contributed by atoms with Gasteiger partial charge >= 0.3 is 0 Å². The average molecular weight is 568 g/mol. The zero-order chi connectivity index (χ0) is 28.8. The molecule has 3 aromatic carbocycles. The molecular weight excluding hydrogens is 530 g/mol. The molecule has 0 fully saturated rings. The van der Waals surface area contributed by atoms with Crippen LogP contribution in [0.5, 0.6) is 0 Å². The summed E-state index contributed by atoms with van der Waals surface area (Å²) in [6.07, 6.45) is 3.71. The van der Waals surface area contributed by atoms with Gasteiger partial charge in [0, 0.05) is 66.0 Å². The minimum atomic E-state index is -3.61. The fraction of sp³-hybridized carbons (Fsp3) is 0.273. The maximum Gasteiger partial charge on any atom is 0.241 e. The average Bonchev–Trinajstić information content (AvgIpc) is 2.97. The number of sulfonamides is 1. The maximum atomic E-state index is 13.1. The van der Waals surface area contributed by atoms with Gasteiger partial charge in [-0.15, -0.1) is 0 Å². The highest BCUT2D eigenvalue weighted by Crippen LogP contribution is 2.30. The number of hydrogen-bond acceptors (Lipinski definition) is 6. The molecule has 0 bridgehead atoms. The van der Waals surface area contributed by atoms with Crippen molar-refractivity contribution >= 4 is 43.2 Å². The summed E-state index contributed by atoms with van der Waals surface area (Å²) in [6, 6.07) is 27.6. The van der Waals surface area contributed by atoms with Gasteiger partial charge < -0.3 is 10.2 Å². The van der Waals surface area contributed by atoms with Crippen molar-refractivity contribution in [3.63, 3.8) is 0 Å². The summed E-state index contributed by atoms with van der Waals surface area (Å²) < 4.78 is 29.1. The van der Waals surface area contributed by atoms with Crippen LogP contribution in [0.4, 0.5) is 11.4 Å². The monoisotopic (exact) mass is 567 g/mol. The van der Waals surface area contributed by atoms with E-state index in [1.807, 2.05) is 80.5 Å². The van der Waals surface area contributed by atoms with Gasteiger partial charge in [-0.2, -0.15) is 0 Å². The smallest absolute Gasteiger partial charge is 0.241 e. The fourth-order valence-corrected chi connectivity index (χ4v) is 6.40. The third-order valence-corrected chi connectivity index (χ3v) is 8.74. The molecule has 0 aliphatic rings. The molecule has 0 atom stereocenters. The molecule has 0 amide bonds. The lowest BCUT2D eigenvalue weighted by molar-refractivity contribution is 0.573. The van der Waals surface area contributed by atoms with Gasteiger partial charge in [-0.3, -0.25) is 0 Å². The topological polar surface area (TPSA) is 87.2 Å². The number of rotatable bonds is 12. The van der Waals surface area contributed by atoms with Gasteiger partial charge in [-0.05, 0) is 50.1 Å². The first kappa shape index (κ1) is 28.5. The van der Waals surface area contributed by atoms with Crippen molar-refractivity contribution in [2.75, 3.05) is 37.4 Å². The lowest BCUT2D eigenvalue weighted by Crippen LogP contribution is -2.25. The number of nitrogens with one attached hydrogen (secondary N) is 2. The number of hydrogen-bond donors (Lipinski definition) is 2. The van der Waals surface area contributed by atoms with E-state index in [0.29, 0.717) is 11.4 Å². The Kier molecular flexibility index (Phi) is 8.81.